The van der Waals surface area contributed by atoms with Crippen molar-refractivity contribution in [2.45, 2.75) is 0 Å². The van der Waals surface area contributed by atoms with E-state index in [1.165, 1.54) is 126 Å². The second-order valence-corrected chi connectivity index (χ2v) is 18.0. The zero-order valence-corrected chi connectivity index (χ0v) is 37.1. The molecule has 0 bridgehead atoms. The number of rotatable bonds is 6. The van der Waals surface area contributed by atoms with Crippen LogP contribution in [0.3, 0.4) is 0 Å². The van der Waals surface area contributed by atoms with Gasteiger partial charge in [-0.05, 0) is 144 Å². The van der Waals surface area contributed by atoms with E-state index in [4.69, 9.17) is 0 Å². The molecule has 0 fully saturated rings. The van der Waals surface area contributed by atoms with Crippen LogP contribution in [-0.4, -0.2) is 9.13 Å². The summed E-state index contributed by atoms with van der Waals surface area (Å²) in [4.78, 5) is 0. The van der Waals surface area contributed by atoms with Gasteiger partial charge in [0, 0.05) is 32.9 Å². The van der Waals surface area contributed by atoms with Crippen LogP contribution in [0, 0.1) is 0 Å². The van der Waals surface area contributed by atoms with Gasteiger partial charge in [-0.15, -0.1) is 0 Å². The van der Waals surface area contributed by atoms with Gasteiger partial charge in [0.1, 0.15) is 0 Å². The van der Waals surface area contributed by atoms with Crippen LogP contribution >= 0.6 is 0 Å². The summed E-state index contributed by atoms with van der Waals surface area (Å²) in [6, 6.07) is 93.8. The Morgan fingerprint density at radius 1 is 0.206 bits per heavy atom. The Labute approximate surface area is 393 Å². The molecule has 0 saturated carbocycles. The summed E-state index contributed by atoms with van der Waals surface area (Å²) < 4.78 is 4.84. The molecule has 0 spiro atoms. The molecular formula is C66H42N2. The first kappa shape index (κ1) is 38.3. The van der Waals surface area contributed by atoms with Crippen LogP contribution in [-0.2, 0) is 0 Å². The molecule has 316 valence electrons. The van der Waals surface area contributed by atoms with Gasteiger partial charge < -0.3 is 9.13 Å². The SMILES string of the molecule is c1ccc(-c2c3ccccc3c(-c3ccc(-n4c5ccc(-c6ccc7c(c6)c6ccccc6n7-c6ccccc6)cc5c5cc(-c6cccc7ccccc67)ccc54)cc3)c3ccccc23)cc1. The zero-order chi connectivity index (χ0) is 44.7. The lowest BCUT2D eigenvalue weighted by Gasteiger charge is -2.18. The fraction of sp³-hybridized carbons (Fsp3) is 0. The van der Waals surface area contributed by atoms with E-state index < -0.39 is 0 Å². The van der Waals surface area contributed by atoms with Crippen molar-refractivity contribution in [1.29, 1.82) is 0 Å². The maximum atomic E-state index is 2.45. The monoisotopic (exact) mass is 862 g/mol. The number of aromatic nitrogens is 2. The summed E-state index contributed by atoms with van der Waals surface area (Å²) in [5, 5.41) is 12.5. The topological polar surface area (TPSA) is 9.86 Å². The van der Waals surface area contributed by atoms with E-state index >= 15 is 0 Å². The quantitative estimate of drug-likeness (QED) is 0.147. The lowest BCUT2D eigenvalue weighted by Crippen LogP contribution is -1.95. The molecule has 0 N–H and O–H groups in total. The second-order valence-electron chi connectivity index (χ2n) is 18.0. The Morgan fingerprint density at radius 3 is 1.18 bits per heavy atom. The lowest BCUT2D eigenvalue weighted by atomic mass is 9.86. The minimum absolute atomic E-state index is 1.13. The van der Waals surface area contributed by atoms with Gasteiger partial charge in [-0.1, -0.05) is 188 Å². The Bertz CT molecular complexity index is 4230. The van der Waals surface area contributed by atoms with Gasteiger partial charge in [-0.25, -0.2) is 0 Å². The first-order valence-electron chi connectivity index (χ1n) is 23.5. The van der Waals surface area contributed by atoms with Crippen LogP contribution in [0.1, 0.15) is 0 Å². The number of benzene rings is 12. The van der Waals surface area contributed by atoms with Gasteiger partial charge in [-0.3, -0.25) is 0 Å². The van der Waals surface area contributed by atoms with E-state index in [1.807, 2.05) is 0 Å². The number of hydrogen-bond donors (Lipinski definition) is 0. The molecule has 2 heterocycles. The first-order valence-corrected chi connectivity index (χ1v) is 23.5. The van der Waals surface area contributed by atoms with Crippen LogP contribution in [0.15, 0.2) is 255 Å². The third-order valence-corrected chi connectivity index (χ3v) is 14.3. The molecule has 0 aliphatic heterocycles. The molecule has 0 atom stereocenters. The summed E-state index contributed by atoms with van der Waals surface area (Å²) in [5.41, 5.74) is 16.9. The van der Waals surface area contributed by atoms with Gasteiger partial charge >= 0.3 is 0 Å². The van der Waals surface area contributed by atoms with E-state index in [0.717, 1.165) is 5.69 Å². The van der Waals surface area contributed by atoms with Crippen molar-refractivity contribution in [3.05, 3.63) is 255 Å². The van der Waals surface area contributed by atoms with Crippen LogP contribution in [0.25, 0.3) is 132 Å². The molecule has 12 aromatic carbocycles. The first-order chi connectivity index (χ1) is 33.7. The molecule has 14 rings (SSSR count). The molecule has 0 amide bonds. The van der Waals surface area contributed by atoms with Crippen LogP contribution < -0.4 is 0 Å². The predicted octanol–water partition coefficient (Wildman–Crippen LogP) is 18.0. The number of fused-ring (bicyclic) bond motifs is 9. The van der Waals surface area contributed by atoms with E-state index in [2.05, 4.69) is 264 Å². The maximum absolute atomic E-state index is 2.45. The number of nitrogens with zero attached hydrogens (tertiary/aromatic N) is 2. The molecule has 14 aromatic rings. The highest BCUT2D eigenvalue weighted by molar-refractivity contribution is 6.21. The second kappa shape index (κ2) is 15.3. The van der Waals surface area contributed by atoms with Crippen LogP contribution in [0.2, 0.25) is 0 Å². The molecule has 0 aliphatic carbocycles. The predicted molar refractivity (Wildman–Crippen MR) is 289 cm³/mol. The molecule has 0 saturated heterocycles. The van der Waals surface area contributed by atoms with E-state index in [9.17, 15) is 0 Å². The number of para-hydroxylation sites is 2. The van der Waals surface area contributed by atoms with Gasteiger partial charge in [0.25, 0.3) is 0 Å². The third-order valence-electron chi connectivity index (χ3n) is 14.3. The standard InChI is InChI=1S/C66H42N2/c1-3-17-44(18-4-1)65-54-24-9-11-26-56(54)66(57-27-12-10-25-55(57)65)45-30-35-50(36-31-45)68-63-38-33-47(41-59(63)60-42-48(34-39-64(60)68)52-28-15-19-43-16-7-8-22-51(43)52)46-32-37-62-58(40-46)53-23-13-14-29-61(53)67(62)49-20-5-2-6-21-49/h1-42H. The average molecular weight is 863 g/mol. The highest BCUT2D eigenvalue weighted by Gasteiger charge is 2.20. The van der Waals surface area contributed by atoms with Crippen molar-refractivity contribution >= 4 is 75.9 Å². The van der Waals surface area contributed by atoms with Crippen molar-refractivity contribution in [3.8, 4) is 55.9 Å². The Morgan fingerprint density at radius 2 is 0.588 bits per heavy atom. The highest BCUT2D eigenvalue weighted by atomic mass is 15.0. The highest BCUT2D eigenvalue weighted by Crippen LogP contribution is 2.45. The van der Waals surface area contributed by atoms with E-state index in [1.54, 1.807) is 0 Å². The van der Waals surface area contributed by atoms with Crippen LogP contribution in [0.5, 0.6) is 0 Å². The summed E-state index contributed by atoms with van der Waals surface area (Å²) in [5.74, 6) is 0. The molecule has 0 unspecified atom stereocenters. The fourth-order valence-electron chi connectivity index (χ4n) is 11.3. The van der Waals surface area contributed by atoms with Crippen molar-refractivity contribution in [2.24, 2.45) is 0 Å². The molecule has 0 aliphatic rings. The van der Waals surface area contributed by atoms with Gasteiger partial charge in [0.2, 0.25) is 0 Å². The molecule has 0 radical (unpaired) electrons. The Hall–Kier alpha value is -8.98. The van der Waals surface area contributed by atoms with E-state index in [0.29, 0.717) is 0 Å². The fourth-order valence-corrected chi connectivity index (χ4v) is 11.3. The number of hydrogen-bond acceptors (Lipinski definition) is 0. The van der Waals surface area contributed by atoms with E-state index in [-0.39, 0.29) is 0 Å². The van der Waals surface area contributed by atoms with Crippen molar-refractivity contribution in [3.63, 3.8) is 0 Å². The lowest BCUT2D eigenvalue weighted by molar-refractivity contribution is 1.18. The van der Waals surface area contributed by atoms with Gasteiger partial charge in [0.15, 0.2) is 0 Å². The largest absolute Gasteiger partial charge is 0.309 e. The smallest absolute Gasteiger partial charge is 0.0541 e. The molecule has 2 heteroatoms. The minimum Gasteiger partial charge on any atom is -0.309 e. The Balaban J connectivity index is 0.957. The summed E-state index contributed by atoms with van der Waals surface area (Å²) in [6.45, 7) is 0. The van der Waals surface area contributed by atoms with Gasteiger partial charge in [-0.2, -0.15) is 0 Å². The summed E-state index contributed by atoms with van der Waals surface area (Å²) in [6.07, 6.45) is 0. The Kier molecular flexibility index (Phi) is 8.62. The summed E-state index contributed by atoms with van der Waals surface area (Å²) in [7, 11) is 0. The van der Waals surface area contributed by atoms with Gasteiger partial charge in [0.05, 0.1) is 22.1 Å². The molecule has 68 heavy (non-hydrogen) atoms. The molecular weight excluding hydrogens is 821 g/mol. The van der Waals surface area contributed by atoms with Crippen molar-refractivity contribution in [1.82, 2.24) is 9.13 Å². The average Bonchev–Trinajstić information content (AvgIpc) is 3.92. The normalized spacial score (nSPS) is 11.8. The zero-order valence-electron chi connectivity index (χ0n) is 37.1. The van der Waals surface area contributed by atoms with Crippen molar-refractivity contribution < 1.29 is 0 Å². The molecule has 2 nitrogen and oxygen atoms in total. The minimum atomic E-state index is 1.13. The molecule has 2 aromatic heterocycles. The third kappa shape index (κ3) is 5.91. The summed E-state index contributed by atoms with van der Waals surface area (Å²) >= 11 is 0. The van der Waals surface area contributed by atoms with Crippen molar-refractivity contribution in [2.75, 3.05) is 0 Å². The van der Waals surface area contributed by atoms with Crippen LogP contribution in [0.4, 0.5) is 0 Å². The maximum Gasteiger partial charge on any atom is 0.0541 e.